The van der Waals surface area contributed by atoms with Crippen LogP contribution < -0.4 is 5.32 Å². The minimum absolute atomic E-state index is 0.0124. The summed E-state index contributed by atoms with van der Waals surface area (Å²) in [5, 5.41) is 5.26. The van der Waals surface area contributed by atoms with Crippen LogP contribution in [0.4, 0.5) is 4.79 Å². The maximum atomic E-state index is 13.3. The van der Waals surface area contributed by atoms with Gasteiger partial charge in [-0.25, -0.2) is 4.79 Å². The van der Waals surface area contributed by atoms with Crippen LogP contribution in [0.5, 0.6) is 0 Å². The van der Waals surface area contributed by atoms with E-state index in [-0.39, 0.29) is 12.1 Å². The fraction of sp³-hybridized carbons (Fsp3) is 0.292. The number of amides is 2. The monoisotopic (exact) mass is 390 g/mol. The Labute approximate surface area is 171 Å². The van der Waals surface area contributed by atoms with Crippen LogP contribution in [0, 0.1) is 6.92 Å². The predicted molar refractivity (Wildman–Crippen MR) is 115 cm³/mol. The van der Waals surface area contributed by atoms with E-state index in [2.05, 4.69) is 48.0 Å². The van der Waals surface area contributed by atoms with Gasteiger partial charge in [-0.05, 0) is 59.9 Å². The number of nitrogens with one attached hydrogen (secondary N) is 1. The highest BCUT2D eigenvalue weighted by molar-refractivity contribution is 7.10. The van der Waals surface area contributed by atoms with E-state index in [0.717, 1.165) is 24.8 Å². The smallest absolute Gasteiger partial charge is 0.318 e. The Hall–Kier alpha value is -2.59. The number of hydrogen-bond donors (Lipinski definition) is 1. The molecule has 1 aliphatic rings. The van der Waals surface area contributed by atoms with Crippen LogP contribution in [0.3, 0.4) is 0 Å². The molecule has 0 radical (unpaired) electrons. The zero-order valence-electron chi connectivity index (χ0n) is 16.2. The number of hydrogen-bond acceptors (Lipinski definition) is 2. The average Bonchev–Trinajstić information content (AvgIpc) is 3.15. The molecule has 0 bridgehead atoms. The second-order valence-corrected chi connectivity index (χ2v) is 8.41. The van der Waals surface area contributed by atoms with Gasteiger partial charge in [-0.3, -0.25) is 0 Å². The third kappa shape index (κ3) is 4.12. The molecule has 1 heterocycles. The summed E-state index contributed by atoms with van der Waals surface area (Å²) in [6, 6.07) is 21.0. The molecule has 1 aliphatic carbocycles. The topological polar surface area (TPSA) is 32.3 Å². The largest absolute Gasteiger partial charge is 0.334 e. The number of thiophene rings is 1. The summed E-state index contributed by atoms with van der Waals surface area (Å²) in [5.74, 6) is 0. The summed E-state index contributed by atoms with van der Waals surface area (Å²) < 4.78 is 0. The van der Waals surface area contributed by atoms with Gasteiger partial charge in [0.1, 0.15) is 0 Å². The average molecular weight is 391 g/mol. The van der Waals surface area contributed by atoms with E-state index in [0.29, 0.717) is 13.1 Å². The van der Waals surface area contributed by atoms with Gasteiger partial charge < -0.3 is 10.2 Å². The summed E-state index contributed by atoms with van der Waals surface area (Å²) in [4.78, 5) is 16.6. The van der Waals surface area contributed by atoms with E-state index >= 15 is 0 Å². The number of fused-ring (bicyclic) bond motifs is 1. The van der Waals surface area contributed by atoms with E-state index in [1.165, 1.54) is 21.6 Å². The van der Waals surface area contributed by atoms with Crippen molar-refractivity contribution < 1.29 is 4.79 Å². The van der Waals surface area contributed by atoms with Gasteiger partial charge in [0.05, 0.1) is 12.6 Å². The highest BCUT2D eigenvalue weighted by Gasteiger charge is 2.29. The molecule has 28 heavy (non-hydrogen) atoms. The third-order valence-corrected chi connectivity index (χ3v) is 6.55. The van der Waals surface area contributed by atoms with Crippen molar-refractivity contribution in [3.63, 3.8) is 0 Å². The number of urea groups is 1. The summed E-state index contributed by atoms with van der Waals surface area (Å²) in [6.45, 7) is 3.33. The van der Waals surface area contributed by atoms with Gasteiger partial charge >= 0.3 is 6.03 Å². The summed E-state index contributed by atoms with van der Waals surface area (Å²) in [7, 11) is 0. The van der Waals surface area contributed by atoms with E-state index in [1.807, 2.05) is 35.2 Å². The number of carbonyl (C=O) groups is 1. The Bertz CT molecular complexity index is 935. The molecule has 2 aromatic carbocycles. The zero-order chi connectivity index (χ0) is 19.3. The third-order valence-electron chi connectivity index (χ3n) is 5.54. The van der Waals surface area contributed by atoms with Crippen molar-refractivity contribution in [3.05, 3.63) is 93.2 Å². The lowest BCUT2D eigenvalue weighted by molar-refractivity contribution is 0.162. The molecule has 3 aromatic rings. The minimum Gasteiger partial charge on any atom is -0.334 e. The lowest BCUT2D eigenvalue weighted by Crippen LogP contribution is -2.42. The van der Waals surface area contributed by atoms with Crippen LogP contribution >= 0.6 is 11.3 Å². The standard InChI is InChI=1S/C24H26N2OS/c1-18-14-15-28-23(18)17-26(24(27)25-16-19-8-3-2-4-9-19)22-13-7-11-20-10-5-6-12-21(20)22/h2-6,8-10,12,14-15,22H,7,11,13,16-17H2,1H3,(H,25,27). The van der Waals surface area contributed by atoms with E-state index in [1.54, 1.807) is 11.3 Å². The first-order valence-electron chi connectivity index (χ1n) is 9.91. The van der Waals surface area contributed by atoms with Crippen molar-refractivity contribution >= 4 is 17.4 Å². The predicted octanol–water partition coefficient (Wildman–Crippen LogP) is 5.85. The van der Waals surface area contributed by atoms with Crippen molar-refractivity contribution in [2.45, 2.75) is 45.3 Å². The number of rotatable bonds is 5. The quantitative estimate of drug-likeness (QED) is 0.583. The first-order chi connectivity index (χ1) is 13.7. The summed E-state index contributed by atoms with van der Waals surface area (Å²) in [6.07, 6.45) is 3.23. The molecule has 4 heteroatoms. The molecule has 1 aromatic heterocycles. The van der Waals surface area contributed by atoms with E-state index in [4.69, 9.17) is 0 Å². The van der Waals surface area contributed by atoms with Crippen molar-refractivity contribution in [1.82, 2.24) is 10.2 Å². The van der Waals surface area contributed by atoms with Crippen LogP contribution in [-0.2, 0) is 19.5 Å². The Kier molecular flexibility index (Phi) is 5.77. The molecule has 0 spiro atoms. The van der Waals surface area contributed by atoms with E-state index < -0.39 is 0 Å². The van der Waals surface area contributed by atoms with Crippen LogP contribution in [0.25, 0.3) is 0 Å². The molecule has 1 N–H and O–H groups in total. The molecule has 144 valence electrons. The number of nitrogens with zero attached hydrogens (tertiary/aromatic N) is 1. The molecule has 0 fully saturated rings. The van der Waals surface area contributed by atoms with Crippen molar-refractivity contribution in [2.24, 2.45) is 0 Å². The zero-order valence-corrected chi connectivity index (χ0v) is 17.0. The second-order valence-electron chi connectivity index (χ2n) is 7.41. The lowest BCUT2D eigenvalue weighted by Gasteiger charge is -2.36. The van der Waals surface area contributed by atoms with Crippen LogP contribution in [0.2, 0.25) is 0 Å². The molecular formula is C24H26N2OS. The molecule has 1 unspecified atom stereocenters. The SMILES string of the molecule is Cc1ccsc1CN(C(=O)NCc1ccccc1)C1CCCc2ccccc21. The normalized spacial score (nSPS) is 15.7. The van der Waals surface area contributed by atoms with Crippen molar-refractivity contribution in [1.29, 1.82) is 0 Å². The van der Waals surface area contributed by atoms with Crippen LogP contribution in [0.1, 0.15) is 46.0 Å². The number of carbonyl (C=O) groups excluding carboxylic acids is 1. The molecule has 2 amide bonds. The summed E-state index contributed by atoms with van der Waals surface area (Å²) in [5.41, 5.74) is 5.06. The maximum Gasteiger partial charge on any atom is 0.318 e. The van der Waals surface area contributed by atoms with Gasteiger partial charge in [-0.1, -0.05) is 54.6 Å². The van der Waals surface area contributed by atoms with Crippen molar-refractivity contribution in [3.8, 4) is 0 Å². The Balaban J connectivity index is 1.59. The van der Waals surface area contributed by atoms with Gasteiger partial charge in [0.25, 0.3) is 0 Å². The highest BCUT2D eigenvalue weighted by Crippen LogP contribution is 2.36. The molecule has 3 nitrogen and oxygen atoms in total. The van der Waals surface area contributed by atoms with Crippen molar-refractivity contribution in [2.75, 3.05) is 0 Å². The van der Waals surface area contributed by atoms with Gasteiger partial charge in [-0.15, -0.1) is 11.3 Å². The fourth-order valence-corrected chi connectivity index (χ4v) is 4.88. The Morgan fingerprint density at radius 1 is 1.11 bits per heavy atom. The Morgan fingerprint density at radius 2 is 1.89 bits per heavy atom. The maximum absolute atomic E-state index is 13.3. The molecule has 4 rings (SSSR count). The number of aryl methyl sites for hydroxylation is 2. The fourth-order valence-electron chi connectivity index (χ4n) is 3.97. The van der Waals surface area contributed by atoms with Gasteiger partial charge in [-0.2, -0.15) is 0 Å². The molecule has 0 aliphatic heterocycles. The van der Waals surface area contributed by atoms with Crippen LogP contribution in [0.15, 0.2) is 66.0 Å². The van der Waals surface area contributed by atoms with E-state index in [9.17, 15) is 4.79 Å². The van der Waals surface area contributed by atoms with Crippen LogP contribution in [-0.4, -0.2) is 10.9 Å². The second kappa shape index (κ2) is 8.61. The van der Waals surface area contributed by atoms with Gasteiger partial charge in [0.15, 0.2) is 0 Å². The van der Waals surface area contributed by atoms with Gasteiger partial charge in [0.2, 0.25) is 0 Å². The first-order valence-corrected chi connectivity index (χ1v) is 10.8. The lowest BCUT2D eigenvalue weighted by atomic mass is 9.87. The Morgan fingerprint density at radius 3 is 2.68 bits per heavy atom. The molecular weight excluding hydrogens is 364 g/mol. The van der Waals surface area contributed by atoms with Gasteiger partial charge in [0, 0.05) is 11.4 Å². The first kappa shape index (κ1) is 18.8. The molecule has 1 atom stereocenters. The number of benzene rings is 2. The highest BCUT2D eigenvalue weighted by atomic mass is 32.1. The summed E-state index contributed by atoms with van der Waals surface area (Å²) >= 11 is 1.73. The minimum atomic E-state index is 0.0124. The molecule has 0 saturated carbocycles. The molecule has 0 saturated heterocycles.